The molecule has 0 spiro atoms. The first-order chi connectivity index (χ1) is 9.29. The summed E-state index contributed by atoms with van der Waals surface area (Å²) in [5.41, 5.74) is -1.73. The first kappa shape index (κ1) is 17.4. The van der Waals surface area contributed by atoms with Crippen LogP contribution in [0.1, 0.15) is 5.56 Å². The molecule has 0 heterocycles. The van der Waals surface area contributed by atoms with Gasteiger partial charge >= 0.3 is 23.9 Å². The molecule has 1 rings (SSSR count). The van der Waals surface area contributed by atoms with Crippen LogP contribution in [-0.4, -0.2) is 25.1 Å². The molecule has 120 valence electrons. The van der Waals surface area contributed by atoms with E-state index < -0.39 is 35.3 Å². The van der Waals surface area contributed by atoms with Gasteiger partial charge in [0.25, 0.3) is 0 Å². The second-order valence-electron chi connectivity index (χ2n) is 3.95. The number of benzene rings is 1. The van der Waals surface area contributed by atoms with Gasteiger partial charge in [-0.2, -0.15) is 39.5 Å². The van der Waals surface area contributed by atoms with E-state index in [1.165, 1.54) is 0 Å². The Morgan fingerprint density at radius 1 is 0.810 bits per heavy atom. The molecule has 0 radical (unpaired) electrons. The molecule has 10 heteroatoms. The summed E-state index contributed by atoms with van der Waals surface area (Å²) in [5.74, 6) is -19.8. The molecular weight excluding hydrogens is 319 g/mol. The maximum atomic E-state index is 13.5. The van der Waals surface area contributed by atoms with Crippen molar-refractivity contribution in [3.8, 4) is 5.75 Å². The van der Waals surface area contributed by atoms with Gasteiger partial charge in [0.2, 0.25) is 0 Å². The van der Waals surface area contributed by atoms with E-state index in [0.717, 1.165) is 19.2 Å². The van der Waals surface area contributed by atoms with Crippen molar-refractivity contribution >= 4 is 0 Å². The van der Waals surface area contributed by atoms with Crippen LogP contribution in [0.2, 0.25) is 0 Å². The maximum Gasteiger partial charge on any atom is 0.460 e. The van der Waals surface area contributed by atoms with Crippen LogP contribution >= 0.6 is 0 Å². The zero-order chi connectivity index (χ0) is 16.7. The van der Waals surface area contributed by atoms with E-state index in [9.17, 15) is 39.5 Å². The molecule has 1 aromatic rings. The van der Waals surface area contributed by atoms with E-state index in [0.29, 0.717) is 6.07 Å². The highest BCUT2D eigenvalue weighted by Crippen LogP contribution is 2.56. The molecule has 0 aliphatic rings. The minimum Gasteiger partial charge on any atom is -0.497 e. The molecule has 0 aliphatic heterocycles. The summed E-state index contributed by atoms with van der Waals surface area (Å²) < 4.78 is 119. The largest absolute Gasteiger partial charge is 0.497 e. The Balaban J connectivity index is 3.39. The van der Waals surface area contributed by atoms with Gasteiger partial charge in [-0.25, -0.2) is 0 Å². The first-order valence-corrected chi connectivity index (χ1v) is 5.13. The van der Waals surface area contributed by atoms with Gasteiger partial charge in [0.1, 0.15) is 5.75 Å². The quantitative estimate of drug-likeness (QED) is 0.734. The van der Waals surface area contributed by atoms with Gasteiger partial charge < -0.3 is 4.74 Å². The summed E-state index contributed by atoms with van der Waals surface area (Å²) in [6, 6.07) is 2.33. The molecule has 0 amide bonds. The Bertz CT molecular complexity index is 507. The second-order valence-corrected chi connectivity index (χ2v) is 3.95. The van der Waals surface area contributed by atoms with Crippen molar-refractivity contribution in [1.82, 2.24) is 0 Å². The minimum absolute atomic E-state index is 0.250. The second kappa shape index (κ2) is 4.99. The Morgan fingerprint density at radius 3 is 1.76 bits per heavy atom. The highest BCUT2D eigenvalue weighted by Gasteiger charge is 2.82. The molecule has 0 atom stereocenters. The molecule has 0 saturated heterocycles. The molecule has 1 nitrogen and oxygen atoms in total. The van der Waals surface area contributed by atoms with Crippen molar-refractivity contribution < 1.29 is 44.3 Å². The predicted molar refractivity (Wildman–Crippen MR) is 52.8 cm³/mol. The summed E-state index contributed by atoms with van der Waals surface area (Å²) in [7, 11) is 0.972. The number of halogens is 9. The number of ether oxygens (including phenoxy) is 1. The third-order valence-corrected chi connectivity index (χ3v) is 2.58. The van der Waals surface area contributed by atoms with Crippen LogP contribution in [0.15, 0.2) is 24.3 Å². The van der Waals surface area contributed by atoms with Crippen LogP contribution in [0.25, 0.3) is 0 Å². The number of rotatable bonds is 4. The standard InChI is InChI=1S/C11H7F9O/c1-21-7-4-2-3-6(5-7)8(12,13)9(14,15)10(16,17)11(18,19)20/h2-5H,1H3. The lowest BCUT2D eigenvalue weighted by Gasteiger charge is -2.33. The molecule has 0 aliphatic carbocycles. The number of alkyl halides is 9. The lowest BCUT2D eigenvalue weighted by atomic mass is 9.96. The molecule has 0 fully saturated rings. The van der Waals surface area contributed by atoms with Gasteiger partial charge in [-0.05, 0) is 12.1 Å². The van der Waals surface area contributed by atoms with Crippen LogP contribution in [-0.2, 0) is 5.92 Å². The van der Waals surface area contributed by atoms with Crippen molar-refractivity contribution in [3.05, 3.63) is 29.8 Å². The minimum atomic E-state index is -6.91. The fraction of sp³-hybridized carbons (Fsp3) is 0.455. The Morgan fingerprint density at radius 2 is 1.33 bits per heavy atom. The number of methoxy groups -OCH3 is 1. The fourth-order valence-corrected chi connectivity index (χ4v) is 1.37. The Hall–Kier alpha value is -1.61. The van der Waals surface area contributed by atoms with Crippen molar-refractivity contribution in [2.75, 3.05) is 7.11 Å². The van der Waals surface area contributed by atoms with Crippen LogP contribution in [0.3, 0.4) is 0 Å². The van der Waals surface area contributed by atoms with Gasteiger partial charge in [0, 0.05) is 5.56 Å². The average Bonchev–Trinajstić information content (AvgIpc) is 2.37. The molecule has 0 N–H and O–H groups in total. The topological polar surface area (TPSA) is 9.23 Å². The van der Waals surface area contributed by atoms with Gasteiger partial charge in [-0.15, -0.1) is 0 Å². The maximum absolute atomic E-state index is 13.5. The Kier molecular flexibility index (Phi) is 4.14. The van der Waals surface area contributed by atoms with E-state index >= 15 is 0 Å². The normalized spacial score (nSPS) is 14.2. The lowest BCUT2D eigenvalue weighted by molar-refractivity contribution is -0.399. The average molecular weight is 326 g/mol. The summed E-state index contributed by atoms with van der Waals surface area (Å²) >= 11 is 0. The predicted octanol–water partition coefficient (Wildman–Crippen LogP) is 4.62. The van der Waals surface area contributed by atoms with E-state index in [1.54, 1.807) is 0 Å². The van der Waals surface area contributed by atoms with Crippen LogP contribution in [0, 0.1) is 0 Å². The van der Waals surface area contributed by atoms with Crippen LogP contribution in [0.4, 0.5) is 39.5 Å². The van der Waals surface area contributed by atoms with Gasteiger partial charge in [-0.1, -0.05) is 12.1 Å². The molecule has 0 unspecified atom stereocenters. The third kappa shape index (κ3) is 2.62. The van der Waals surface area contributed by atoms with Crippen molar-refractivity contribution in [1.29, 1.82) is 0 Å². The zero-order valence-electron chi connectivity index (χ0n) is 10.1. The SMILES string of the molecule is COc1cccc(C(F)(F)C(F)(F)C(F)(F)C(F)(F)F)c1. The third-order valence-electron chi connectivity index (χ3n) is 2.58. The summed E-state index contributed by atoms with van der Waals surface area (Å²) in [4.78, 5) is 0. The summed E-state index contributed by atoms with van der Waals surface area (Å²) in [5, 5.41) is 0. The molecule has 0 aromatic heterocycles. The molecular formula is C11H7F9O. The van der Waals surface area contributed by atoms with E-state index in [2.05, 4.69) is 4.74 Å². The van der Waals surface area contributed by atoms with Crippen molar-refractivity contribution in [2.45, 2.75) is 23.9 Å². The fourth-order valence-electron chi connectivity index (χ4n) is 1.37. The van der Waals surface area contributed by atoms with Gasteiger partial charge in [0.05, 0.1) is 7.11 Å². The smallest absolute Gasteiger partial charge is 0.460 e. The van der Waals surface area contributed by atoms with Crippen molar-refractivity contribution in [2.24, 2.45) is 0 Å². The molecule has 0 saturated carbocycles. The molecule has 0 bridgehead atoms. The summed E-state index contributed by atoms with van der Waals surface area (Å²) in [6.45, 7) is 0. The van der Waals surface area contributed by atoms with E-state index in [-0.39, 0.29) is 6.07 Å². The lowest BCUT2D eigenvalue weighted by Crippen LogP contribution is -2.59. The van der Waals surface area contributed by atoms with E-state index in [1.807, 2.05) is 0 Å². The monoisotopic (exact) mass is 326 g/mol. The molecule has 21 heavy (non-hydrogen) atoms. The first-order valence-electron chi connectivity index (χ1n) is 5.13. The Labute approximate surface area is 112 Å². The zero-order valence-corrected chi connectivity index (χ0v) is 10.1. The van der Waals surface area contributed by atoms with Crippen LogP contribution in [0.5, 0.6) is 5.75 Å². The highest BCUT2D eigenvalue weighted by atomic mass is 19.4. The summed E-state index contributed by atoms with van der Waals surface area (Å²) in [6.07, 6.45) is -6.83. The van der Waals surface area contributed by atoms with Gasteiger partial charge in [0.15, 0.2) is 0 Å². The van der Waals surface area contributed by atoms with Gasteiger partial charge in [-0.3, -0.25) is 0 Å². The van der Waals surface area contributed by atoms with Crippen LogP contribution < -0.4 is 4.74 Å². The number of hydrogen-bond acceptors (Lipinski definition) is 1. The number of hydrogen-bond donors (Lipinski definition) is 0. The van der Waals surface area contributed by atoms with E-state index in [4.69, 9.17) is 0 Å². The molecule has 1 aromatic carbocycles. The van der Waals surface area contributed by atoms with Crippen molar-refractivity contribution in [3.63, 3.8) is 0 Å². The highest BCUT2D eigenvalue weighted by molar-refractivity contribution is 5.33.